The van der Waals surface area contributed by atoms with Crippen LogP contribution in [0.5, 0.6) is 0 Å². The van der Waals surface area contributed by atoms with E-state index in [0.717, 1.165) is 4.90 Å². The van der Waals surface area contributed by atoms with Crippen LogP contribution in [0.25, 0.3) is 0 Å². The number of likely N-dealkylation sites (tertiary alicyclic amines) is 1. The molecule has 8 nitrogen and oxygen atoms in total. The van der Waals surface area contributed by atoms with Gasteiger partial charge in [-0.2, -0.15) is 0 Å². The highest BCUT2D eigenvalue weighted by molar-refractivity contribution is 6.10. The Balaban J connectivity index is 3.05. The molecule has 0 saturated carbocycles. The highest BCUT2D eigenvalue weighted by Gasteiger charge is 2.52. The maximum atomic E-state index is 12.0. The summed E-state index contributed by atoms with van der Waals surface area (Å²) in [6.07, 6.45) is -1.21. The van der Waals surface area contributed by atoms with Crippen LogP contribution in [0.2, 0.25) is 0 Å². The van der Waals surface area contributed by atoms with E-state index in [2.05, 4.69) is 0 Å². The molecule has 0 aromatic rings. The van der Waals surface area contributed by atoms with Crippen molar-refractivity contribution in [3.63, 3.8) is 0 Å². The van der Waals surface area contributed by atoms with Crippen molar-refractivity contribution in [3.8, 4) is 0 Å². The van der Waals surface area contributed by atoms with E-state index < -0.39 is 35.9 Å². The smallest absolute Gasteiger partial charge is 0.411 e. The largest absolute Gasteiger partial charge is 0.464 e. The van der Waals surface area contributed by atoms with Gasteiger partial charge in [-0.25, -0.2) is 14.4 Å². The van der Waals surface area contributed by atoms with E-state index >= 15 is 0 Å². The SMILES string of the molecule is CCOC(=O)C1CC(=O)C(C(=O)OCC)N1C(=O)OCC. The van der Waals surface area contributed by atoms with Crippen LogP contribution < -0.4 is 0 Å². The van der Waals surface area contributed by atoms with Crippen molar-refractivity contribution < 1.29 is 33.4 Å². The third-order valence-electron chi connectivity index (χ3n) is 2.86. The molecule has 1 aliphatic rings. The third kappa shape index (κ3) is 3.71. The van der Waals surface area contributed by atoms with E-state index in [4.69, 9.17) is 14.2 Å². The Bertz CT molecular complexity index is 434. The Kier molecular flexibility index (Phi) is 6.13. The van der Waals surface area contributed by atoms with E-state index in [1.165, 1.54) is 0 Å². The molecule has 2 atom stereocenters. The van der Waals surface area contributed by atoms with Crippen LogP contribution >= 0.6 is 0 Å². The lowest BCUT2D eigenvalue weighted by Gasteiger charge is -2.25. The number of ketones is 1. The molecule has 0 aromatic carbocycles. The molecule has 118 valence electrons. The molecule has 0 aromatic heterocycles. The number of carbonyl (C=O) groups excluding carboxylic acids is 4. The molecule has 1 aliphatic heterocycles. The first-order valence-corrected chi connectivity index (χ1v) is 6.78. The van der Waals surface area contributed by atoms with E-state index in [9.17, 15) is 19.2 Å². The minimum atomic E-state index is -1.46. The molecule has 1 fully saturated rings. The zero-order chi connectivity index (χ0) is 16.0. The Labute approximate surface area is 122 Å². The minimum absolute atomic E-state index is 0.0502. The second-order valence-corrected chi connectivity index (χ2v) is 4.20. The van der Waals surface area contributed by atoms with Crippen molar-refractivity contribution in [2.45, 2.75) is 39.3 Å². The summed E-state index contributed by atoms with van der Waals surface area (Å²) in [7, 11) is 0. The van der Waals surface area contributed by atoms with E-state index in [1.54, 1.807) is 20.8 Å². The number of amides is 1. The molecular weight excluding hydrogens is 282 g/mol. The van der Waals surface area contributed by atoms with Gasteiger partial charge in [0.25, 0.3) is 0 Å². The van der Waals surface area contributed by atoms with Gasteiger partial charge < -0.3 is 14.2 Å². The summed E-state index contributed by atoms with van der Waals surface area (Å²) in [5, 5.41) is 0. The lowest BCUT2D eigenvalue weighted by Crippen LogP contribution is -2.50. The van der Waals surface area contributed by atoms with Gasteiger partial charge in [0.1, 0.15) is 6.04 Å². The molecule has 21 heavy (non-hydrogen) atoms. The molecule has 8 heteroatoms. The third-order valence-corrected chi connectivity index (χ3v) is 2.86. The molecule has 0 N–H and O–H groups in total. The molecule has 1 rings (SSSR count). The van der Waals surface area contributed by atoms with Gasteiger partial charge >= 0.3 is 18.0 Å². The summed E-state index contributed by atoms with van der Waals surface area (Å²) in [6, 6.07) is -2.62. The van der Waals surface area contributed by atoms with Crippen LogP contribution in [-0.4, -0.2) is 60.6 Å². The predicted octanol–water partition coefficient (Wildman–Crippen LogP) is 0.281. The van der Waals surface area contributed by atoms with E-state index in [1.807, 2.05) is 0 Å². The summed E-state index contributed by atoms with van der Waals surface area (Å²) < 4.78 is 14.4. The predicted molar refractivity (Wildman–Crippen MR) is 69.3 cm³/mol. The molecule has 0 aliphatic carbocycles. The molecule has 0 spiro atoms. The van der Waals surface area contributed by atoms with Gasteiger partial charge in [0.05, 0.1) is 19.8 Å². The number of hydrogen-bond donors (Lipinski definition) is 0. The molecule has 0 radical (unpaired) electrons. The number of ether oxygens (including phenoxy) is 3. The fraction of sp³-hybridized carbons (Fsp3) is 0.692. The molecular formula is C13H19NO7. The molecule has 2 unspecified atom stereocenters. The van der Waals surface area contributed by atoms with Crippen molar-refractivity contribution in [3.05, 3.63) is 0 Å². The van der Waals surface area contributed by atoms with Crippen molar-refractivity contribution in [1.82, 2.24) is 4.90 Å². The number of hydrogen-bond acceptors (Lipinski definition) is 7. The average Bonchev–Trinajstić information content (AvgIpc) is 2.77. The maximum Gasteiger partial charge on any atom is 0.411 e. The number of carbonyl (C=O) groups is 4. The van der Waals surface area contributed by atoms with Gasteiger partial charge in [0.15, 0.2) is 11.8 Å². The first-order chi connectivity index (χ1) is 9.97. The Morgan fingerprint density at radius 1 is 1.00 bits per heavy atom. The van der Waals surface area contributed by atoms with Crippen LogP contribution in [-0.2, 0) is 28.6 Å². The normalized spacial score (nSPS) is 21.1. The van der Waals surface area contributed by atoms with E-state index in [-0.39, 0.29) is 26.2 Å². The summed E-state index contributed by atoms with van der Waals surface area (Å²) in [5.74, 6) is -2.19. The molecule has 1 heterocycles. The second kappa shape index (κ2) is 7.61. The first kappa shape index (κ1) is 16.9. The lowest BCUT2D eigenvalue weighted by atomic mass is 10.2. The zero-order valence-electron chi connectivity index (χ0n) is 12.3. The van der Waals surface area contributed by atoms with Crippen molar-refractivity contribution in [1.29, 1.82) is 0 Å². The topological polar surface area (TPSA) is 99.2 Å². The fourth-order valence-corrected chi connectivity index (χ4v) is 2.07. The van der Waals surface area contributed by atoms with Gasteiger partial charge in [0, 0.05) is 6.42 Å². The second-order valence-electron chi connectivity index (χ2n) is 4.20. The highest BCUT2D eigenvalue weighted by atomic mass is 16.6. The lowest BCUT2D eigenvalue weighted by molar-refractivity contribution is -0.153. The fourth-order valence-electron chi connectivity index (χ4n) is 2.07. The number of Topliss-reactive ketones (excluding diaryl/α,β-unsaturated/α-hetero) is 1. The molecule has 1 amide bonds. The zero-order valence-corrected chi connectivity index (χ0v) is 12.3. The van der Waals surface area contributed by atoms with Gasteiger partial charge in [-0.1, -0.05) is 0 Å². The van der Waals surface area contributed by atoms with Gasteiger partial charge in [-0.15, -0.1) is 0 Å². The minimum Gasteiger partial charge on any atom is -0.464 e. The van der Waals surface area contributed by atoms with Crippen LogP contribution in [0.15, 0.2) is 0 Å². The summed E-state index contributed by atoms with van der Waals surface area (Å²) in [5.41, 5.74) is 0. The van der Waals surface area contributed by atoms with Gasteiger partial charge in [-0.05, 0) is 20.8 Å². The quantitative estimate of drug-likeness (QED) is 0.408. The van der Waals surface area contributed by atoms with Crippen molar-refractivity contribution in [2.24, 2.45) is 0 Å². The van der Waals surface area contributed by atoms with Crippen LogP contribution in [0.3, 0.4) is 0 Å². The number of nitrogens with zero attached hydrogens (tertiary/aromatic N) is 1. The van der Waals surface area contributed by atoms with Crippen LogP contribution in [0, 0.1) is 0 Å². The van der Waals surface area contributed by atoms with Crippen molar-refractivity contribution >= 4 is 23.8 Å². The summed E-state index contributed by atoms with van der Waals surface area (Å²) in [4.78, 5) is 48.5. The summed E-state index contributed by atoms with van der Waals surface area (Å²) in [6.45, 7) is 4.97. The first-order valence-electron chi connectivity index (χ1n) is 6.78. The highest BCUT2D eigenvalue weighted by Crippen LogP contribution is 2.24. The van der Waals surface area contributed by atoms with Crippen molar-refractivity contribution in [2.75, 3.05) is 19.8 Å². The van der Waals surface area contributed by atoms with Crippen LogP contribution in [0.1, 0.15) is 27.2 Å². The van der Waals surface area contributed by atoms with Gasteiger partial charge in [-0.3, -0.25) is 9.69 Å². The summed E-state index contributed by atoms with van der Waals surface area (Å²) >= 11 is 0. The maximum absolute atomic E-state index is 12.0. The number of esters is 2. The standard InChI is InChI=1S/C13H19NO7/c1-4-19-11(16)8-7-9(15)10(12(17)20-5-2)14(8)13(18)21-6-3/h8,10H,4-7H2,1-3H3. The van der Waals surface area contributed by atoms with Crippen LogP contribution in [0.4, 0.5) is 4.79 Å². The molecule has 0 bridgehead atoms. The van der Waals surface area contributed by atoms with E-state index in [0.29, 0.717) is 0 Å². The number of rotatable bonds is 5. The average molecular weight is 301 g/mol. The molecule has 1 saturated heterocycles. The Morgan fingerprint density at radius 3 is 2.05 bits per heavy atom. The Morgan fingerprint density at radius 2 is 1.52 bits per heavy atom. The Hall–Kier alpha value is -2.12. The van der Waals surface area contributed by atoms with Gasteiger partial charge in [0.2, 0.25) is 0 Å². The monoisotopic (exact) mass is 301 g/mol.